The second-order valence-corrected chi connectivity index (χ2v) is 8.84. The molecule has 2 N–H and O–H groups in total. The van der Waals surface area contributed by atoms with Crippen LogP contribution >= 0.6 is 11.8 Å². The number of para-hydroxylation sites is 1. The Morgan fingerprint density at radius 2 is 1.93 bits per heavy atom. The van der Waals surface area contributed by atoms with Crippen molar-refractivity contribution in [2.24, 2.45) is 0 Å². The van der Waals surface area contributed by atoms with Crippen molar-refractivity contribution >= 4 is 22.7 Å². The lowest BCUT2D eigenvalue weighted by atomic mass is 10.1. The standard InChI is InChI=1S/C23H27N3O3S/c1-16-7-8-18(13-17(16)2)26-22(28)20-5-3-4-6-21(20)24-23(26)30-15-19(27)14-25-9-11-29-12-10-25/h3-8,13,19,27H,9-12,14-15H2,1-2H3/p+1/t19-/m1/s1. The van der Waals surface area contributed by atoms with E-state index in [1.54, 1.807) is 4.57 Å². The van der Waals surface area contributed by atoms with Crippen LogP contribution in [0.3, 0.4) is 0 Å². The first kappa shape index (κ1) is 21.1. The Balaban J connectivity index is 1.65. The van der Waals surface area contributed by atoms with Gasteiger partial charge in [0.05, 0.1) is 29.8 Å². The van der Waals surface area contributed by atoms with Gasteiger partial charge >= 0.3 is 0 Å². The molecule has 4 rings (SSSR count). The minimum atomic E-state index is -0.473. The first-order chi connectivity index (χ1) is 14.5. The molecule has 1 atom stereocenters. The second kappa shape index (κ2) is 9.31. The minimum absolute atomic E-state index is 0.0837. The van der Waals surface area contributed by atoms with Crippen molar-refractivity contribution in [2.75, 3.05) is 38.6 Å². The summed E-state index contributed by atoms with van der Waals surface area (Å²) in [6.07, 6.45) is -0.473. The quantitative estimate of drug-likeness (QED) is 0.460. The topological polar surface area (TPSA) is 68.8 Å². The molecule has 3 aromatic rings. The molecule has 158 valence electrons. The number of nitrogens with zero attached hydrogens (tertiary/aromatic N) is 2. The van der Waals surface area contributed by atoms with Gasteiger partial charge in [-0.25, -0.2) is 4.98 Å². The highest BCUT2D eigenvalue weighted by Gasteiger charge is 2.20. The van der Waals surface area contributed by atoms with E-state index in [-0.39, 0.29) is 5.56 Å². The van der Waals surface area contributed by atoms with Crippen LogP contribution in [0.2, 0.25) is 0 Å². The van der Waals surface area contributed by atoms with Crippen LogP contribution in [0.15, 0.2) is 52.4 Å². The molecule has 2 aromatic carbocycles. The third-order valence-electron chi connectivity index (χ3n) is 5.62. The normalized spacial score (nSPS) is 16.1. The fourth-order valence-corrected chi connectivity index (χ4v) is 4.67. The number of aromatic nitrogens is 2. The summed E-state index contributed by atoms with van der Waals surface area (Å²) >= 11 is 1.43. The van der Waals surface area contributed by atoms with E-state index in [1.807, 2.05) is 49.4 Å². The van der Waals surface area contributed by atoms with E-state index in [0.29, 0.717) is 28.4 Å². The van der Waals surface area contributed by atoms with Gasteiger partial charge in [-0.2, -0.15) is 0 Å². The fourth-order valence-electron chi connectivity index (χ4n) is 3.73. The predicted octanol–water partition coefficient (Wildman–Crippen LogP) is 1.37. The summed E-state index contributed by atoms with van der Waals surface area (Å²) in [6.45, 7) is 8.10. The first-order valence-electron chi connectivity index (χ1n) is 10.3. The maximum absolute atomic E-state index is 13.3. The van der Waals surface area contributed by atoms with E-state index >= 15 is 0 Å². The average molecular weight is 427 g/mol. The number of quaternary nitrogens is 1. The molecule has 1 saturated heterocycles. The van der Waals surface area contributed by atoms with E-state index in [2.05, 4.69) is 6.92 Å². The van der Waals surface area contributed by atoms with Crippen LogP contribution < -0.4 is 10.5 Å². The number of nitrogens with one attached hydrogen (secondary N) is 1. The predicted molar refractivity (Wildman–Crippen MR) is 120 cm³/mol. The zero-order valence-electron chi connectivity index (χ0n) is 17.4. The summed E-state index contributed by atoms with van der Waals surface area (Å²) in [4.78, 5) is 19.5. The molecule has 6 nitrogen and oxygen atoms in total. The van der Waals surface area contributed by atoms with Crippen molar-refractivity contribution in [2.45, 2.75) is 25.1 Å². The molecule has 0 spiro atoms. The van der Waals surface area contributed by atoms with Crippen molar-refractivity contribution < 1.29 is 14.7 Å². The molecule has 0 radical (unpaired) electrons. The van der Waals surface area contributed by atoms with Gasteiger partial charge in [0.15, 0.2) is 5.16 Å². The summed E-state index contributed by atoms with van der Waals surface area (Å²) in [5.74, 6) is 0.486. The summed E-state index contributed by atoms with van der Waals surface area (Å²) in [5, 5.41) is 11.8. The number of aliphatic hydroxyl groups excluding tert-OH is 1. The third-order valence-corrected chi connectivity index (χ3v) is 6.71. The molecule has 2 heterocycles. The number of hydrogen-bond acceptors (Lipinski definition) is 5. The first-order valence-corrected chi connectivity index (χ1v) is 11.3. The van der Waals surface area contributed by atoms with Gasteiger partial charge in [0.1, 0.15) is 25.7 Å². The molecule has 0 unspecified atom stereocenters. The lowest BCUT2D eigenvalue weighted by Gasteiger charge is -2.25. The Kier molecular flexibility index (Phi) is 6.53. The fraction of sp³-hybridized carbons (Fsp3) is 0.391. The van der Waals surface area contributed by atoms with Gasteiger partial charge in [-0.3, -0.25) is 9.36 Å². The zero-order chi connectivity index (χ0) is 21.1. The van der Waals surface area contributed by atoms with Gasteiger partial charge in [0.2, 0.25) is 0 Å². The Labute approximate surface area is 180 Å². The van der Waals surface area contributed by atoms with Crippen LogP contribution in [-0.2, 0) is 4.74 Å². The molecular formula is C23H28N3O3S+. The minimum Gasteiger partial charge on any atom is -0.386 e. The number of thioether (sulfide) groups is 1. The largest absolute Gasteiger partial charge is 0.386 e. The van der Waals surface area contributed by atoms with Crippen molar-refractivity contribution in [1.82, 2.24) is 9.55 Å². The number of fused-ring (bicyclic) bond motifs is 1. The van der Waals surface area contributed by atoms with E-state index in [4.69, 9.17) is 9.72 Å². The Morgan fingerprint density at radius 1 is 1.17 bits per heavy atom. The van der Waals surface area contributed by atoms with Gasteiger partial charge in [-0.05, 0) is 49.2 Å². The number of morpholine rings is 1. The average Bonchev–Trinajstić information content (AvgIpc) is 2.75. The molecule has 1 aliphatic rings. The maximum Gasteiger partial charge on any atom is 0.266 e. The van der Waals surface area contributed by atoms with Crippen LogP contribution in [-0.4, -0.2) is 59.4 Å². The van der Waals surface area contributed by atoms with E-state index < -0.39 is 6.10 Å². The van der Waals surface area contributed by atoms with Crippen LogP contribution in [0.5, 0.6) is 0 Å². The van der Waals surface area contributed by atoms with Gasteiger partial charge in [-0.15, -0.1) is 0 Å². The van der Waals surface area contributed by atoms with Crippen molar-refractivity contribution in [3.8, 4) is 5.69 Å². The molecule has 0 bridgehead atoms. The monoisotopic (exact) mass is 426 g/mol. The SMILES string of the molecule is Cc1ccc(-n2c(SC[C@H](O)C[NH+]3CCOCC3)nc3ccccc3c2=O)cc1C. The molecule has 30 heavy (non-hydrogen) atoms. The molecule has 0 saturated carbocycles. The van der Waals surface area contributed by atoms with E-state index in [1.165, 1.54) is 22.2 Å². The zero-order valence-corrected chi connectivity index (χ0v) is 18.2. The molecule has 1 aromatic heterocycles. The maximum atomic E-state index is 13.3. The molecular weight excluding hydrogens is 398 g/mol. The van der Waals surface area contributed by atoms with Gasteiger partial charge < -0.3 is 14.7 Å². The Morgan fingerprint density at radius 3 is 2.70 bits per heavy atom. The summed E-state index contributed by atoms with van der Waals surface area (Å²) in [5.41, 5.74) is 3.70. The molecule has 0 aliphatic carbocycles. The smallest absolute Gasteiger partial charge is 0.266 e. The van der Waals surface area contributed by atoms with Crippen molar-refractivity contribution in [1.29, 1.82) is 0 Å². The highest BCUT2D eigenvalue weighted by molar-refractivity contribution is 7.99. The van der Waals surface area contributed by atoms with Crippen LogP contribution in [0.25, 0.3) is 16.6 Å². The number of rotatable bonds is 6. The second-order valence-electron chi connectivity index (χ2n) is 7.85. The van der Waals surface area contributed by atoms with E-state index in [9.17, 15) is 9.90 Å². The lowest BCUT2D eigenvalue weighted by molar-refractivity contribution is -0.910. The summed E-state index contributed by atoms with van der Waals surface area (Å²) in [7, 11) is 0. The van der Waals surface area contributed by atoms with Gasteiger partial charge in [0.25, 0.3) is 5.56 Å². The van der Waals surface area contributed by atoms with Crippen LogP contribution in [0, 0.1) is 13.8 Å². The van der Waals surface area contributed by atoms with Crippen LogP contribution in [0.1, 0.15) is 11.1 Å². The summed E-state index contributed by atoms with van der Waals surface area (Å²) in [6, 6.07) is 13.4. The third kappa shape index (κ3) is 4.59. The molecule has 7 heteroatoms. The number of aryl methyl sites for hydroxylation is 2. The molecule has 1 aliphatic heterocycles. The Bertz CT molecular complexity index is 1090. The highest BCUT2D eigenvalue weighted by atomic mass is 32.2. The number of ether oxygens (including phenoxy) is 1. The van der Waals surface area contributed by atoms with Crippen molar-refractivity contribution in [3.63, 3.8) is 0 Å². The van der Waals surface area contributed by atoms with Gasteiger partial charge in [-0.1, -0.05) is 30.0 Å². The highest BCUT2D eigenvalue weighted by Crippen LogP contribution is 2.23. The van der Waals surface area contributed by atoms with Crippen molar-refractivity contribution in [3.05, 3.63) is 63.9 Å². The van der Waals surface area contributed by atoms with Gasteiger partial charge in [0, 0.05) is 5.75 Å². The number of aliphatic hydroxyl groups is 1. The van der Waals surface area contributed by atoms with Crippen LogP contribution in [0.4, 0.5) is 0 Å². The van der Waals surface area contributed by atoms with E-state index in [0.717, 1.165) is 37.6 Å². The Hall–Kier alpha value is -2.19. The summed E-state index contributed by atoms with van der Waals surface area (Å²) < 4.78 is 7.07. The number of benzene rings is 2. The number of hydrogen-bond donors (Lipinski definition) is 2. The molecule has 1 fully saturated rings. The lowest BCUT2D eigenvalue weighted by Crippen LogP contribution is -3.15. The molecule has 0 amide bonds.